The Morgan fingerprint density at radius 1 is 1.44 bits per heavy atom. The average molecular weight is 387 g/mol. The van der Waals surface area contributed by atoms with Crippen LogP contribution in [0.5, 0.6) is 5.75 Å². The van der Waals surface area contributed by atoms with Gasteiger partial charge in [-0.1, -0.05) is 0 Å². The van der Waals surface area contributed by atoms with Gasteiger partial charge in [-0.25, -0.2) is 4.98 Å². The summed E-state index contributed by atoms with van der Waals surface area (Å²) in [7, 11) is 0. The monoisotopic (exact) mass is 387 g/mol. The standard InChI is InChI=1S/C19H21N3O4S/c1-11-16(27-10-21-11)6-25-13-3-4-15-14(5-13)17(12(2)26-15)18(24)22-19(9-23)7-20-8-19/h3-5,10,20,23H,6-9H2,1-2H3,(H,22,24). The first-order valence-corrected chi connectivity index (χ1v) is 9.58. The van der Waals surface area contributed by atoms with Crippen LogP contribution in [0.15, 0.2) is 28.1 Å². The Labute approximate surface area is 160 Å². The van der Waals surface area contributed by atoms with E-state index in [0.717, 1.165) is 10.6 Å². The van der Waals surface area contributed by atoms with Crippen molar-refractivity contribution >= 4 is 28.2 Å². The number of aliphatic hydroxyl groups is 1. The summed E-state index contributed by atoms with van der Waals surface area (Å²) in [6.45, 7) is 5.13. The minimum atomic E-state index is -0.606. The van der Waals surface area contributed by atoms with Crippen LogP contribution < -0.4 is 15.4 Å². The summed E-state index contributed by atoms with van der Waals surface area (Å²) in [6.07, 6.45) is 0. The van der Waals surface area contributed by atoms with Crippen molar-refractivity contribution in [2.45, 2.75) is 26.0 Å². The van der Waals surface area contributed by atoms with Gasteiger partial charge in [-0.2, -0.15) is 0 Å². The number of furan rings is 1. The van der Waals surface area contributed by atoms with Gasteiger partial charge in [0, 0.05) is 18.5 Å². The van der Waals surface area contributed by atoms with Crippen molar-refractivity contribution < 1.29 is 19.1 Å². The first-order valence-electron chi connectivity index (χ1n) is 8.70. The summed E-state index contributed by atoms with van der Waals surface area (Å²) < 4.78 is 11.6. The number of carbonyl (C=O) groups excluding carboxylic acids is 1. The van der Waals surface area contributed by atoms with E-state index in [2.05, 4.69) is 15.6 Å². The highest BCUT2D eigenvalue weighted by Gasteiger charge is 2.38. The second kappa shape index (κ2) is 6.95. The molecular weight excluding hydrogens is 366 g/mol. The van der Waals surface area contributed by atoms with Crippen molar-refractivity contribution in [3.8, 4) is 5.75 Å². The molecule has 1 amide bonds. The van der Waals surface area contributed by atoms with Crippen LogP contribution in [0, 0.1) is 13.8 Å². The van der Waals surface area contributed by atoms with Crippen LogP contribution in [-0.2, 0) is 6.61 Å². The number of nitrogens with zero attached hydrogens (tertiary/aromatic N) is 1. The molecule has 3 aromatic rings. The Kier molecular flexibility index (Phi) is 4.63. The molecule has 0 aliphatic carbocycles. The lowest BCUT2D eigenvalue weighted by atomic mass is 9.93. The van der Waals surface area contributed by atoms with Crippen LogP contribution in [0.1, 0.15) is 26.7 Å². The summed E-state index contributed by atoms with van der Waals surface area (Å²) in [5.41, 5.74) is 3.26. The Hall–Kier alpha value is -2.42. The molecule has 1 saturated heterocycles. The zero-order chi connectivity index (χ0) is 19.0. The van der Waals surface area contributed by atoms with Gasteiger partial charge in [0.1, 0.15) is 23.7 Å². The highest BCUT2D eigenvalue weighted by atomic mass is 32.1. The van der Waals surface area contributed by atoms with Crippen molar-refractivity contribution in [2.75, 3.05) is 19.7 Å². The summed E-state index contributed by atoms with van der Waals surface area (Å²) >= 11 is 1.55. The fourth-order valence-electron chi connectivity index (χ4n) is 3.15. The number of carbonyl (C=O) groups is 1. The number of thiazole rings is 1. The second-order valence-electron chi connectivity index (χ2n) is 6.84. The number of aromatic nitrogens is 1. The SMILES string of the molecule is Cc1ncsc1COc1ccc2oc(C)c(C(=O)NC3(CO)CNC3)c2c1. The quantitative estimate of drug-likeness (QED) is 0.600. The van der Waals surface area contributed by atoms with Gasteiger partial charge < -0.3 is 24.9 Å². The van der Waals surface area contributed by atoms with Crippen LogP contribution in [-0.4, -0.2) is 41.2 Å². The number of rotatable bonds is 6. The number of fused-ring (bicyclic) bond motifs is 1. The molecule has 3 N–H and O–H groups in total. The summed E-state index contributed by atoms with van der Waals surface area (Å²) in [6, 6.07) is 5.46. The maximum Gasteiger partial charge on any atom is 0.256 e. The summed E-state index contributed by atoms with van der Waals surface area (Å²) in [5, 5.41) is 16.3. The van der Waals surface area contributed by atoms with Gasteiger partial charge in [0.2, 0.25) is 0 Å². The van der Waals surface area contributed by atoms with Crippen LogP contribution in [0.25, 0.3) is 11.0 Å². The van der Waals surface area contributed by atoms with Crippen molar-refractivity contribution in [3.05, 3.63) is 45.6 Å². The van der Waals surface area contributed by atoms with E-state index in [1.54, 1.807) is 29.8 Å². The third-order valence-electron chi connectivity index (χ3n) is 4.89. The maximum atomic E-state index is 12.9. The van der Waals surface area contributed by atoms with E-state index in [4.69, 9.17) is 9.15 Å². The highest BCUT2D eigenvalue weighted by Crippen LogP contribution is 2.30. The van der Waals surface area contributed by atoms with Gasteiger partial charge >= 0.3 is 0 Å². The van der Waals surface area contributed by atoms with Crippen LogP contribution >= 0.6 is 11.3 Å². The molecule has 0 spiro atoms. The molecule has 4 rings (SSSR count). The zero-order valence-electron chi connectivity index (χ0n) is 15.2. The number of hydrogen-bond acceptors (Lipinski definition) is 7. The molecule has 2 aromatic heterocycles. The third kappa shape index (κ3) is 3.31. The number of ether oxygens (including phenoxy) is 1. The lowest BCUT2D eigenvalue weighted by Gasteiger charge is -2.41. The Bertz CT molecular complexity index is 985. The topological polar surface area (TPSA) is 96.6 Å². The van der Waals surface area contributed by atoms with Gasteiger partial charge in [-0.05, 0) is 32.0 Å². The number of hydrogen-bond donors (Lipinski definition) is 3. The van der Waals surface area contributed by atoms with Crippen molar-refractivity contribution in [3.63, 3.8) is 0 Å². The zero-order valence-corrected chi connectivity index (χ0v) is 16.0. The highest BCUT2D eigenvalue weighted by molar-refractivity contribution is 7.09. The van der Waals surface area contributed by atoms with Crippen molar-refractivity contribution in [1.29, 1.82) is 0 Å². The molecule has 1 aromatic carbocycles. The fourth-order valence-corrected chi connectivity index (χ4v) is 3.84. The summed E-state index contributed by atoms with van der Waals surface area (Å²) in [4.78, 5) is 18.1. The Morgan fingerprint density at radius 2 is 2.26 bits per heavy atom. The molecule has 0 unspecified atom stereocenters. The number of aryl methyl sites for hydroxylation is 2. The predicted molar refractivity (Wildman–Crippen MR) is 102 cm³/mol. The number of nitrogens with one attached hydrogen (secondary N) is 2. The van der Waals surface area contributed by atoms with E-state index in [1.165, 1.54) is 0 Å². The lowest BCUT2D eigenvalue weighted by molar-refractivity contribution is 0.0722. The molecule has 8 heteroatoms. The molecule has 27 heavy (non-hydrogen) atoms. The molecule has 0 atom stereocenters. The Balaban J connectivity index is 1.59. The van der Waals surface area contributed by atoms with Crippen LogP contribution in [0.2, 0.25) is 0 Å². The van der Waals surface area contributed by atoms with Crippen molar-refractivity contribution in [2.24, 2.45) is 0 Å². The largest absolute Gasteiger partial charge is 0.488 e. The molecule has 1 fully saturated rings. The minimum absolute atomic E-state index is 0.108. The van der Waals surface area contributed by atoms with Gasteiger partial charge in [0.15, 0.2) is 0 Å². The van der Waals surface area contributed by atoms with Crippen LogP contribution in [0.4, 0.5) is 0 Å². The van der Waals surface area contributed by atoms with Crippen molar-refractivity contribution in [1.82, 2.24) is 15.6 Å². The molecule has 1 aliphatic heterocycles. The van der Waals surface area contributed by atoms with E-state index in [1.807, 2.05) is 19.1 Å². The number of benzene rings is 1. The second-order valence-corrected chi connectivity index (χ2v) is 7.78. The van der Waals surface area contributed by atoms with Gasteiger partial charge in [-0.15, -0.1) is 11.3 Å². The Morgan fingerprint density at radius 3 is 2.89 bits per heavy atom. The maximum absolute atomic E-state index is 12.9. The summed E-state index contributed by atoms with van der Waals surface area (Å²) in [5.74, 6) is 0.947. The molecule has 7 nitrogen and oxygen atoms in total. The average Bonchev–Trinajstić information content (AvgIpc) is 3.17. The van der Waals surface area contributed by atoms with Gasteiger partial charge in [0.05, 0.1) is 33.8 Å². The van der Waals surface area contributed by atoms with E-state index in [-0.39, 0.29) is 12.5 Å². The minimum Gasteiger partial charge on any atom is -0.488 e. The van der Waals surface area contributed by atoms with E-state index in [9.17, 15) is 9.90 Å². The fraction of sp³-hybridized carbons (Fsp3) is 0.368. The van der Waals surface area contributed by atoms with Gasteiger partial charge in [0.25, 0.3) is 5.91 Å². The first kappa shape index (κ1) is 18.0. The van der Waals surface area contributed by atoms with Gasteiger partial charge in [-0.3, -0.25) is 4.79 Å². The molecule has 142 valence electrons. The molecule has 1 aliphatic rings. The molecule has 0 saturated carbocycles. The molecule has 0 radical (unpaired) electrons. The van der Waals surface area contributed by atoms with E-state index in [0.29, 0.717) is 47.7 Å². The molecular formula is C19H21N3O4S. The predicted octanol–water partition coefficient (Wildman–Crippen LogP) is 2.15. The lowest BCUT2D eigenvalue weighted by Crippen LogP contribution is -2.71. The third-order valence-corrected chi connectivity index (χ3v) is 5.79. The number of aliphatic hydroxyl groups excluding tert-OH is 1. The van der Waals surface area contributed by atoms with E-state index >= 15 is 0 Å². The molecule has 0 bridgehead atoms. The van der Waals surface area contributed by atoms with Crippen LogP contribution in [0.3, 0.4) is 0 Å². The van der Waals surface area contributed by atoms with E-state index < -0.39 is 5.54 Å². The first-order chi connectivity index (χ1) is 13.0. The normalized spacial score (nSPS) is 15.5. The smallest absolute Gasteiger partial charge is 0.256 e. The number of amides is 1. The molecule has 3 heterocycles.